The SMILES string of the molecule is Cc1nccc(Sc2cccc(O)c2)n1. The zero-order chi connectivity index (χ0) is 10.7. The lowest BCUT2D eigenvalue weighted by atomic mass is 10.3. The maximum absolute atomic E-state index is 9.30. The molecule has 0 fully saturated rings. The van der Waals surface area contributed by atoms with Gasteiger partial charge in [0.15, 0.2) is 0 Å². The lowest BCUT2D eigenvalue weighted by molar-refractivity contribution is 0.474. The standard InChI is InChI=1S/C11H10N2OS/c1-8-12-6-5-11(13-8)15-10-4-2-3-9(14)7-10/h2-7,14H,1H3. The third-order valence-corrected chi connectivity index (χ3v) is 2.72. The number of benzene rings is 1. The fourth-order valence-electron chi connectivity index (χ4n) is 1.16. The Morgan fingerprint density at radius 1 is 1.27 bits per heavy atom. The summed E-state index contributed by atoms with van der Waals surface area (Å²) in [6.45, 7) is 1.85. The van der Waals surface area contributed by atoms with E-state index in [4.69, 9.17) is 0 Å². The van der Waals surface area contributed by atoms with Gasteiger partial charge in [-0.1, -0.05) is 17.8 Å². The van der Waals surface area contributed by atoms with E-state index in [1.54, 1.807) is 18.3 Å². The molecule has 76 valence electrons. The van der Waals surface area contributed by atoms with E-state index in [-0.39, 0.29) is 5.75 Å². The summed E-state index contributed by atoms with van der Waals surface area (Å²) in [4.78, 5) is 9.26. The molecule has 1 N–H and O–H groups in total. The van der Waals surface area contributed by atoms with Crippen LogP contribution in [0, 0.1) is 6.92 Å². The molecule has 0 bridgehead atoms. The first-order chi connectivity index (χ1) is 7.24. The maximum atomic E-state index is 9.30. The van der Waals surface area contributed by atoms with Crippen molar-refractivity contribution in [1.29, 1.82) is 0 Å². The number of hydrogen-bond donors (Lipinski definition) is 1. The summed E-state index contributed by atoms with van der Waals surface area (Å²) in [7, 11) is 0. The summed E-state index contributed by atoms with van der Waals surface area (Å²) in [5, 5.41) is 10.2. The van der Waals surface area contributed by atoms with Gasteiger partial charge in [0.1, 0.15) is 16.6 Å². The summed E-state index contributed by atoms with van der Waals surface area (Å²) in [5.41, 5.74) is 0. The highest BCUT2D eigenvalue weighted by Gasteiger charge is 2.00. The molecule has 3 nitrogen and oxygen atoms in total. The first kappa shape index (κ1) is 9.98. The van der Waals surface area contributed by atoms with Crippen LogP contribution in [0.3, 0.4) is 0 Å². The molecular formula is C11H10N2OS. The van der Waals surface area contributed by atoms with Crippen LogP contribution in [0.1, 0.15) is 5.82 Å². The highest BCUT2D eigenvalue weighted by atomic mass is 32.2. The summed E-state index contributed by atoms with van der Waals surface area (Å²) in [6, 6.07) is 8.95. The van der Waals surface area contributed by atoms with Crippen molar-refractivity contribution in [2.24, 2.45) is 0 Å². The molecule has 0 saturated carbocycles. The molecule has 0 radical (unpaired) electrons. The monoisotopic (exact) mass is 218 g/mol. The fourth-order valence-corrected chi connectivity index (χ4v) is 2.03. The van der Waals surface area contributed by atoms with Crippen LogP contribution in [0.15, 0.2) is 46.5 Å². The first-order valence-electron chi connectivity index (χ1n) is 4.50. The van der Waals surface area contributed by atoms with Crippen molar-refractivity contribution in [2.75, 3.05) is 0 Å². The summed E-state index contributed by atoms with van der Waals surface area (Å²) in [6.07, 6.45) is 1.73. The molecule has 0 aliphatic rings. The molecule has 2 aromatic rings. The molecule has 15 heavy (non-hydrogen) atoms. The highest BCUT2D eigenvalue weighted by molar-refractivity contribution is 7.99. The number of aromatic nitrogens is 2. The van der Waals surface area contributed by atoms with Gasteiger partial charge in [-0.2, -0.15) is 0 Å². The van der Waals surface area contributed by atoms with E-state index in [1.165, 1.54) is 11.8 Å². The molecule has 0 aliphatic carbocycles. The zero-order valence-electron chi connectivity index (χ0n) is 8.21. The minimum Gasteiger partial charge on any atom is -0.508 e. The van der Waals surface area contributed by atoms with Gasteiger partial charge in [0.25, 0.3) is 0 Å². The van der Waals surface area contributed by atoms with Crippen molar-refractivity contribution in [1.82, 2.24) is 9.97 Å². The Labute approximate surface area is 92.2 Å². The Morgan fingerprint density at radius 3 is 2.87 bits per heavy atom. The van der Waals surface area contributed by atoms with Crippen LogP contribution >= 0.6 is 11.8 Å². The Balaban J connectivity index is 2.22. The lowest BCUT2D eigenvalue weighted by Gasteiger charge is -2.01. The van der Waals surface area contributed by atoms with Gasteiger partial charge in [0, 0.05) is 11.1 Å². The predicted molar refractivity (Wildman–Crippen MR) is 59.0 cm³/mol. The average Bonchev–Trinajstić information content (AvgIpc) is 2.17. The van der Waals surface area contributed by atoms with Crippen molar-refractivity contribution in [3.63, 3.8) is 0 Å². The number of nitrogens with zero attached hydrogens (tertiary/aromatic N) is 2. The van der Waals surface area contributed by atoms with E-state index in [9.17, 15) is 5.11 Å². The van der Waals surface area contributed by atoms with Crippen molar-refractivity contribution in [3.8, 4) is 5.75 Å². The van der Waals surface area contributed by atoms with Crippen molar-refractivity contribution >= 4 is 11.8 Å². The lowest BCUT2D eigenvalue weighted by Crippen LogP contribution is -1.87. The number of rotatable bonds is 2. The van der Waals surface area contributed by atoms with Gasteiger partial charge in [0.2, 0.25) is 0 Å². The van der Waals surface area contributed by atoms with E-state index in [0.29, 0.717) is 0 Å². The Kier molecular flexibility index (Phi) is 2.87. The fraction of sp³-hybridized carbons (Fsp3) is 0.0909. The average molecular weight is 218 g/mol. The highest BCUT2D eigenvalue weighted by Crippen LogP contribution is 2.27. The number of aromatic hydroxyl groups is 1. The van der Waals surface area contributed by atoms with E-state index in [1.807, 2.05) is 25.1 Å². The molecular weight excluding hydrogens is 208 g/mol. The quantitative estimate of drug-likeness (QED) is 0.787. The molecule has 1 heterocycles. The number of phenolic OH excluding ortho intramolecular Hbond substituents is 1. The second-order valence-corrected chi connectivity index (χ2v) is 4.14. The topological polar surface area (TPSA) is 46.0 Å². The van der Waals surface area contributed by atoms with Crippen LogP contribution in [0.4, 0.5) is 0 Å². The molecule has 0 amide bonds. The smallest absolute Gasteiger partial charge is 0.126 e. The molecule has 4 heteroatoms. The Bertz CT molecular complexity index is 430. The van der Waals surface area contributed by atoms with Crippen molar-refractivity contribution < 1.29 is 5.11 Å². The number of hydrogen-bond acceptors (Lipinski definition) is 4. The largest absolute Gasteiger partial charge is 0.508 e. The summed E-state index contributed by atoms with van der Waals surface area (Å²) >= 11 is 1.50. The number of phenols is 1. The van der Waals surface area contributed by atoms with Crippen LogP contribution in [0.2, 0.25) is 0 Å². The van der Waals surface area contributed by atoms with Gasteiger partial charge in [-0.25, -0.2) is 9.97 Å². The minimum atomic E-state index is 0.269. The van der Waals surface area contributed by atoms with Gasteiger partial charge in [-0.3, -0.25) is 0 Å². The van der Waals surface area contributed by atoms with Crippen LogP contribution in [0.25, 0.3) is 0 Å². The Hall–Kier alpha value is -1.55. The number of aryl methyl sites for hydroxylation is 1. The predicted octanol–water partition coefficient (Wildman–Crippen LogP) is 2.64. The van der Waals surface area contributed by atoms with Crippen LogP contribution in [-0.4, -0.2) is 15.1 Å². The third kappa shape index (κ3) is 2.70. The molecule has 0 aliphatic heterocycles. The maximum Gasteiger partial charge on any atom is 0.126 e. The molecule has 0 spiro atoms. The molecule has 1 aromatic carbocycles. The van der Waals surface area contributed by atoms with Gasteiger partial charge < -0.3 is 5.11 Å². The second kappa shape index (κ2) is 4.31. The molecule has 2 rings (SSSR count). The second-order valence-electron chi connectivity index (χ2n) is 3.04. The molecule has 1 aromatic heterocycles. The Morgan fingerprint density at radius 2 is 2.13 bits per heavy atom. The van der Waals surface area contributed by atoms with E-state index >= 15 is 0 Å². The van der Waals surface area contributed by atoms with Crippen LogP contribution < -0.4 is 0 Å². The van der Waals surface area contributed by atoms with Gasteiger partial charge in [-0.15, -0.1) is 0 Å². The van der Waals surface area contributed by atoms with Crippen molar-refractivity contribution in [3.05, 3.63) is 42.4 Å². The third-order valence-electron chi connectivity index (χ3n) is 1.79. The van der Waals surface area contributed by atoms with E-state index in [2.05, 4.69) is 9.97 Å². The van der Waals surface area contributed by atoms with Crippen LogP contribution in [-0.2, 0) is 0 Å². The minimum absolute atomic E-state index is 0.269. The van der Waals surface area contributed by atoms with Crippen molar-refractivity contribution in [2.45, 2.75) is 16.8 Å². The molecule has 0 unspecified atom stereocenters. The van der Waals surface area contributed by atoms with Gasteiger partial charge in [-0.05, 0) is 31.2 Å². The first-order valence-corrected chi connectivity index (χ1v) is 5.32. The van der Waals surface area contributed by atoms with E-state index in [0.717, 1.165) is 15.7 Å². The van der Waals surface area contributed by atoms with E-state index < -0.39 is 0 Å². The van der Waals surface area contributed by atoms with Gasteiger partial charge >= 0.3 is 0 Å². The zero-order valence-corrected chi connectivity index (χ0v) is 9.03. The molecule has 0 atom stereocenters. The van der Waals surface area contributed by atoms with Crippen LogP contribution in [0.5, 0.6) is 5.75 Å². The summed E-state index contributed by atoms with van der Waals surface area (Å²) in [5.74, 6) is 1.02. The normalized spacial score (nSPS) is 10.2. The summed E-state index contributed by atoms with van der Waals surface area (Å²) < 4.78 is 0. The molecule has 0 saturated heterocycles. The van der Waals surface area contributed by atoms with Gasteiger partial charge in [0.05, 0.1) is 0 Å².